The molecule has 134 valence electrons. The molecule has 2 unspecified atom stereocenters. The minimum absolute atomic E-state index is 0.00807. The Kier molecular flexibility index (Phi) is 4.74. The number of carbonyl (C=O) groups is 2. The number of carbonyl (C=O) groups excluding carboxylic acids is 2. The fraction of sp³-hybridized carbons (Fsp3) is 0.364. The number of benzene rings is 2. The van der Waals surface area contributed by atoms with Gasteiger partial charge in [-0.2, -0.15) is 0 Å². The summed E-state index contributed by atoms with van der Waals surface area (Å²) in [5, 5.41) is 3.21. The average molecular weight is 348 g/mol. The van der Waals surface area contributed by atoms with Crippen molar-refractivity contribution in [3.63, 3.8) is 0 Å². The van der Waals surface area contributed by atoms with E-state index < -0.39 is 0 Å². The Balaban J connectivity index is 1.47. The van der Waals surface area contributed by atoms with Crippen LogP contribution in [0.5, 0.6) is 0 Å². The van der Waals surface area contributed by atoms with Crippen LogP contribution < -0.4 is 5.32 Å². The van der Waals surface area contributed by atoms with Crippen LogP contribution in [-0.2, 0) is 16.0 Å². The van der Waals surface area contributed by atoms with E-state index in [2.05, 4.69) is 17.4 Å². The molecule has 1 heterocycles. The predicted octanol–water partition coefficient (Wildman–Crippen LogP) is 3.10. The minimum atomic E-state index is -0.231. The summed E-state index contributed by atoms with van der Waals surface area (Å²) in [4.78, 5) is 26.9. The standard InChI is InChI=1S/C22H24N2O2/c25-21-14-18(15-24(21)19-11-12-19)22(26)23-20(17-9-5-2-6-10-17)13-16-7-3-1-4-8-16/h1-10,18-20H,11-15H2,(H,23,26). The normalized spacial score (nSPS) is 20.8. The molecule has 4 rings (SSSR count). The number of likely N-dealkylation sites (tertiary alicyclic amines) is 1. The van der Waals surface area contributed by atoms with Gasteiger partial charge in [-0.15, -0.1) is 0 Å². The first kappa shape index (κ1) is 16.8. The predicted molar refractivity (Wildman–Crippen MR) is 100 cm³/mol. The van der Waals surface area contributed by atoms with Crippen molar-refractivity contribution < 1.29 is 9.59 Å². The van der Waals surface area contributed by atoms with E-state index in [1.807, 2.05) is 53.4 Å². The lowest BCUT2D eigenvalue weighted by Gasteiger charge is -2.22. The van der Waals surface area contributed by atoms with Crippen molar-refractivity contribution in [1.29, 1.82) is 0 Å². The summed E-state index contributed by atoms with van der Waals surface area (Å²) in [5.74, 6) is -0.108. The minimum Gasteiger partial charge on any atom is -0.349 e. The van der Waals surface area contributed by atoms with Gasteiger partial charge in [-0.05, 0) is 30.4 Å². The topological polar surface area (TPSA) is 49.4 Å². The van der Waals surface area contributed by atoms with Crippen LogP contribution in [0.1, 0.15) is 36.4 Å². The first-order valence-corrected chi connectivity index (χ1v) is 9.39. The molecule has 1 aliphatic heterocycles. The average Bonchev–Trinajstić information content (AvgIpc) is 3.44. The molecule has 2 aromatic carbocycles. The quantitative estimate of drug-likeness (QED) is 0.872. The SMILES string of the molecule is O=C(NC(Cc1ccccc1)c1ccccc1)C1CC(=O)N(C2CC2)C1. The Hall–Kier alpha value is -2.62. The largest absolute Gasteiger partial charge is 0.349 e. The van der Waals surface area contributed by atoms with Crippen molar-refractivity contribution in [3.05, 3.63) is 71.8 Å². The van der Waals surface area contributed by atoms with Gasteiger partial charge in [-0.25, -0.2) is 0 Å². The van der Waals surface area contributed by atoms with Crippen LogP contribution in [0, 0.1) is 5.92 Å². The number of hydrogen-bond donors (Lipinski definition) is 1. The van der Waals surface area contributed by atoms with Gasteiger partial charge in [-0.3, -0.25) is 9.59 Å². The van der Waals surface area contributed by atoms with Crippen molar-refractivity contribution in [2.45, 2.75) is 37.8 Å². The molecule has 0 bridgehead atoms. The molecule has 0 spiro atoms. The Labute approximate surface area is 154 Å². The zero-order valence-electron chi connectivity index (χ0n) is 14.8. The van der Waals surface area contributed by atoms with E-state index in [1.165, 1.54) is 5.56 Å². The Morgan fingerprint density at radius 1 is 1.04 bits per heavy atom. The third-order valence-corrected chi connectivity index (χ3v) is 5.32. The van der Waals surface area contributed by atoms with Crippen LogP contribution in [0.15, 0.2) is 60.7 Å². The fourth-order valence-electron chi connectivity index (χ4n) is 3.72. The molecule has 0 aromatic heterocycles. The molecule has 0 radical (unpaired) electrons. The lowest BCUT2D eigenvalue weighted by Crippen LogP contribution is -2.36. The third kappa shape index (κ3) is 3.79. The van der Waals surface area contributed by atoms with Gasteiger partial charge in [0.2, 0.25) is 11.8 Å². The summed E-state index contributed by atoms with van der Waals surface area (Å²) < 4.78 is 0. The van der Waals surface area contributed by atoms with Crippen LogP contribution in [0.3, 0.4) is 0 Å². The maximum absolute atomic E-state index is 12.9. The number of nitrogens with one attached hydrogen (secondary N) is 1. The van der Waals surface area contributed by atoms with Crippen LogP contribution in [-0.4, -0.2) is 29.3 Å². The summed E-state index contributed by atoms with van der Waals surface area (Å²) in [5.41, 5.74) is 2.27. The van der Waals surface area contributed by atoms with Gasteiger partial charge in [0, 0.05) is 19.0 Å². The van der Waals surface area contributed by atoms with Crippen molar-refractivity contribution >= 4 is 11.8 Å². The van der Waals surface area contributed by atoms with Gasteiger partial charge in [0.15, 0.2) is 0 Å². The van der Waals surface area contributed by atoms with Gasteiger partial charge >= 0.3 is 0 Å². The smallest absolute Gasteiger partial charge is 0.225 e. The highest BCUT2D eigenvalue weighted by Gasteiger charge is 2.42. The summed E-state index contributed by atoms with van der Waals surface area (Å²) in [6.45, 7) is 0.572. The van der Waals surface area contributed by atoms with Crippen molar-refractivity contribution in [2.75, 3.05) is 6.54 Å². The Morgan fingerprint density at radius 2 is 1.69 bits per heavy atom. The molecule has 2 amide bonds. The summed E-state index contributed by atoms with van der Waals surface area (Å²) >= 11 is 0. The highest BCUT2D eigenvalue weighted by molar-refractivity contribution is 5.89. The number of nitrogens with zero attached hydrogens (tertiary/aromatic N) is 1. The van der Waals surface area contributed by atoms with Gasteiger partial charge < -0.3 is 10.2 Å². The molecule has 26 heavy (non-hydrogen) atoms. The Bertz CT molecular complexity index is 771. The van der Waals surface area contributed by atoms with E-state index in [0.29, 0.717) is 19.0 Å². The van der Waals surface area contributed by atoms with Crippen LogP contribution in [0.4, 0.5) is 0 Å². The van der Waals surface area contributed by atoms with Crippen LogP contribution in [0.25, 0.3) is 0 Å². The number of rotatable bonds is 6. The van der Waals surface area contributed by atoms with E-state index in [9.17, 15) is 9.59 Å². The van der Waals surface area contributed by atoms with Crippen LogP contribution >= 0.6 is 0 Å². The summed E-state index contributed by atoms with van der Waals surface area (Å²) in [6.07, 6.45) is 3.25. The summed E-state index contributed by atoms with van der Waals surface area (Å²) in [6, 6.07) is 20.5. The first-order chi connectivity index (χ1) is 12.7. The molecule has 2 aliphatic rings. The number of hydrogen-bond acceptors (Lipinski definition) is 2. The molecular formula is C22H24N2O2. The fourth-order valence-corrected chi connectivity index (χ4v) is 3.72. The van der Waals surface area contributed by atoms with E-state index in [1.54, 1.807) is 0 Å². The maximum Gasteiger partial charge on any atom is 0.225 e. The zero-order chi connectivity index (χ0) is 17.9. The maximum atomic E-state index is 12.9. The summed E-state index contributed by atoms with van der Waals surface area (Å²) in [7, 11) is 0. The number of amides is 2. The zero-order valence-corrected chi connectivity index (χ0v) is 14.8. The van der Waals surface area contributed by atoms with Crippen molar-refractivity contribution in [3.8, 4) is 0 Å². The molecule has 2 atom stereocenters. The first-order valence-electron chi connectivity index (χ1n) is 9.39. The van der Waals surface area contributed by atoms with Crippen molar-refractivity contribution in [2.24, 2.45) is 5.92 Å². The van der Waals surface area contributed by atoms with Gasteiger partial charge in [0.1, 0.15) is 0 Å². The molecule has 2 aromatic rings. The van der Waals surface area contributed by atoms with Gasteiger partial charge in [-0.1, -0.05) is 60.7 Å². The second-order valence-electron chi connectivity index (χ2n) is 7.34. The molecule has 1 aliphatic carbocycles. The van der Waals surface area contributed by atoms with Crippen molar-refractivity contribution in [1.82, 2.24) is 10.2 Å². The monoisotopic (exact) mass is 348 g/mol. The lowest BCUT2D eigenvalue weighted by atomic mass is 9.97. The highest BCUT2D eigenvalue weighted by atomic mass is 16.2. The molecule has 4 heteroatoms. The second-order valence-corrected chi connectivity index (χ2v) is 7.34. The molecule has 1 N–H and O–H groups in total. The Morgan fingerprint density at radius 3 is 2.35 bits per heavy atom. The molecular weight excluding hydrogens is 324 g/mol. The van der Waals surface area contributed by atoms with Gasteiger partial charge in [0.05, 0.1) is 12.0 Å². The van der Waals surface area contributed by atoms with Gasteiger partial charge in [0.25, 0.3) is 0 Å². The molecule has 4 nitrogen and oxygen atoms in total. The van der Waals surface area contributed by atoms with E-state index in [4.69, 9.17) is 0 Å². The molecule has 2 fully saturated rings. The highest BCUT2D eigenvalue weighted by Crippen LogP contribution is 2.33. The lowest BCUT2D eigenvalue weighted by molar-refractivity contribution is -0.129. The molecule has 1 saturated carbocycles. The van der Waals surface area contributed by atoms with Crippen LogP contribution in [0.2, 0.25) is 0 Å². The van der Waals surface area contributed by atoms with E-state index >= 15 is 0 Å². The van der Waals surface area contributed by atoms with E-state index in [-0.39, 0.29) is 23.8 Å². The molecule has 1 saturated heterocycles. The van der Waals surface area contributed by atoms with E-state index in [0.717, 1.165) is 24.8 Å². The second kappa shape index (κ2) is 7.32. The third-order valence-electron chi connectivity index (χ3n) is 5.32.